The Labute approximate surface area is 161 Å². The molecule has 0 saturated carbocycles. The second kappa shape index (κ2) is 9.79. The van der Waals surface area contributed by atoms with E-state index in [0.717, 1.165) is 35.1 Å². The third-order valence-corrected chi connectivity index (χ3v) is 6.19. The Bertz CT molecular complexity index is 696. The van der Waals surface area contributed by atoms with Gasteiger partial charge in [-0.1, -0.05) is 42.5 Å². The summed E-state index contributed by atoms with van der Waals surface area (Å²) >= 11 is 1.72. The van der Waals surface area contributed by atoms with Gasteiger partial charge in [-0.3, -0.25) is 4.79 Å². The highest BCUT2D eigenvalue weighted by Gasteiger charge is 2.17. The predicted molar refractivity (Wildman–Crippen MR) is 110 cm³/mol. The van der Waals surface area contributed by atoms with E-state index < -0.39 is 0 Å². The molecule has 138 valence electrons. The van der Waals surface area contributed by atoms with Gasteiger partial charge in [0, 0.05) is 17.2 Å². The van der Waals surface area contributed by atoms with E-state index >= 15 is 0 Å². The number of piperidine rings is 1. The summed E-state index contributed by atoms with van der Waals surface area (Å²) in [7, 11) is 2.18. The van der Waals surface area contributed by atoms with Crippen LogP contribution in [0.15, 0.2) is 59.5 Å². The summed E-state index contributed by atoms with van der Waals surface area (Å²) in [6, 6.07) is 18.3. The van der Waals surface area contributed by atoms with Gasteiger partial charge in [-0.05, 0) is 63.0 Å². The Morgan fingerprint density at radius 3 is 2.54 bits per heavy atom. The molecule has 3 rings (SSSR count). The van der Waals surface area contributed by atoms with Crippen molar-refractivity contribution >= 4 is 17.7 Å². The van der Waals surface area contributed by atoms with Crippen molar-refractivity contribution in [3.05, 3.63) is 65.7 Å². The third kappa shape index (κ3) is 5.61. The summed E-state index contributed by atoms with van der Waals surface area (Å²) in [6.07, 6.45) is 3.57. The van der Waals surface area contributed by atoms with Crippen LogP contribution in [0, 0.1) is 5.92 Å². The average Bonchev–Trinajstić information content (AvgIpc) is 2.69. The Balaban J connectivity index is 1.50. The van der Waals surface area contributed by atoms with Gasteiger partial charge in [-0.15, -0.1) is 11.8 Å². The number of hydrogen-bond donors (Lipinski definition) is 1. The van der Waals surface area contributed by atoms with Crippen LogP contribution in [-0.2, 0) is 5.75 Å². The van der Waals surface area contributed by atoms with E-state index in [1.54, 1.807) is 11.8 Å². The standard InChI is InChI=1S/C22H28N2OS/c1-24-15-12-18(13-16-24)11-14-23-22(25)20-9-5-6-10-21(20)26-17-19-7-3-2-4-8-19/h2-10,18H,11-17H2,1H3,(H,23,25). The maximum atomic E-state index is 12.6. The van der Waals surface area contributed by atoms with E-state index in [4.69, 9.17) is 0 Å². The number of thioether (sulfide) groups is 1. The topological polar surface area (TPSA) is 32.3 Å². The van der Waals surface area contributed by atoms with Crippen LogP contribution in [0.3, 0.4) is 0 Å². The molecule has 1 aliphatic rings. The van der Waals surface area contributed by atoms with E-state index in [2.05, 4.69) is 41.5 Å². The Hall–Kier alpha value is -1.78. The van der Waals surface area contributed by atoms with Gasteiger partial charge in [-0.25, -0.2) is 0 Å². The van der Waals surface area contributed by atoms with Crippen molar-refractivity contribution in [2.45, 2.75) is 29.9 Å². The van der Waals surface area contributed by atoms with Crippen LogP contribution >= 0.6 is 11.8 Å². The number of benzene rings is 2. The maximum Gasteiger partial charge on any atom is 0.252 e. The number of amides is 1. The van der Waals surface area contributed by atoms with Gasteiger partial charge in [0.2, 0.25) is 0 Å². The van der Waals surface area contributed by atoms with E-state index in [1.807, 2.05) is 30.3 Å². The van der Waals surface area contributed by atoms with Crippen LogP contribution in [0.4, 0.5) is 0 Å². The lowest BCUT2D eigenvalue weighted by molar-refractivity contribution is 0.0946. The second-order valence-corrected chi connectivity index (χ2v) is 8.08. The van der Waals surface area contributed by atoms with E-state index in [-0.39, 0.29) is 5.91 Å². The van der Waals surface area contributed by atoms with Gasteiger partial charge in [0.15, 0.2) is 0 Å². The number of carbonyl (C=O) groups excluding carboxylic acids is 1. The average molecular weight is 369 g/mol. The molecule has 0 spiro atoms. The van der Waals surface area contributed by atoms with Crippen LogP contribution in [0.25, 0.3) is 0 Å². The summed E-state index contributed by atoms with van der Waals surface area (Å²) in [5.74, 6) is 1.67. The summed E-state index contributed by atoms with van der Waals surface area (Å²) in [5, 5.41) is 3.13. The van der Waals surface area contributed by atoms with Gasteiger partial charge in [0.1, 0.15) is 0 Å². The molecule has 0 aromatic heterocycles. The van der Waals surface area contributed by atoms with Crippen LogP contribution in [-0.4, -0.2) is 37.5 Å². The second-order valence-electron chi connectivity index (χ2n) is 7.06. The van der Waals surface area contributed by atoms with Gasteiger partial charge >= 0.3 is 0 Å². The maximum absolute atomic E-state index is 12.6. The molecule has 0 aliphatic carbocycles. The molecule has 1 saturated heterocycles. The van der Waals surface area contributed by atoms with E-state index in [0.29, 0.717) is 0 Å². The van der Waals surface area contributed by atoms with Gasteiger partial charge in [-0.2, -0.15) is 0 Å². The number of nitrogens with zero attached hydrogens (tertiary/aromatic N) is 1. The highest BCUT2D eigenvalue weighted by atomic mass is 32.2. The summed E-state index contributed by atoms with van der Waals surface area (Å²) in [4.78, 5) is 16.1. The molecule has 0 radical (unpaired) electrons. The molecule has 3 nitrogen and oxygen atoms in total. The lowest BCUT2D eigenvalue weighted by Crippen LogP contribution is -2.32. The van der Waals surface area contributed by atoms with Crippen molar-refractivity contribution in [3.63, 3.8) is 0 Å². The van der Waals surface area contributed by atoms with E-state index in [9.17, 15) is 4.79 Å². The quantitative estimate of drug-likeness (QED) is 0.733. The Kier molecular flexibility index (Phi) is 7.15. The molecule has 0 atom stereocenters. The van der Waals surface area contributed by atoms with Crippen LogP contribution in [0.5, 0.6) is 0 Å². The van der Waals surface area contributed by atoms with Crippen molar-refractivity contribution in [1.82, 2.24) is 10.2 Å². The van der Waals surface area contributed by atoms with Crippen LogP contribution in [0.2, 0.25) is 0 Å². The molecule has 0 unspecified atom stereocenters. The minimum Gasteiger partial charge on any atom is -0.352 e. The normalized spacial score (nSPS) is 15.7. The van der Waals surface area contributed by atoms with Crippen LogP contribution < -0.4 is 5.32 Å². The summed E-state index contributed by atoms with van der Waals surface area (Å²) in [5.41, 5.74) is 2.06. The molecule has 1 N–H and O–H groups in total. The minimum atomic E-state index is 0.0501. The molecule has 1 fully saturated rings. The number of likely N-dealkylation sites (tertiary alicyclic amines) is 1. The minimum absolute atomic E-state index is 0.0501. The van der Waals surface area contributed by atoms with Gasteiger partial charge < -0.3 is 10.2 Å². The first-order chi connectivity index (χ1) is 12.7. The first-order valence-electron chi connectivity index (χ1n) is 9.45. The highest BCUT2D eigenvalue weighted by molar-refractivity contribution is 7.98. The zero-order valence-electron chi connectivity index (χ0n) is 15.5. The molecule has 2 aromatic rings. The molecule has 0 bridgehead atoms. The van der Waals surface area contributed by atoms with Crippen molar-refractivity contribution in [2.75, 3.05) is 26.7 Å². The van der Waals surface area contributed by atoms with Crippen molar-refractivity contribution in [1.29, 1.82) is 0 Å². The Morgan fingerprint density at radius 1 is 1.08 bits per heavy atom. The third-order valence-electron chi connectivity index (χ3n) is 5.05. The lowest BCUT2D eigenvalue weighted by atomic mass is 9.94. The molecule has 4 heteroatoms. The summed E-state index contributed by atoms with van der Waals surface area (Å²) in [6.45, 7) is 3.13. The molecule has 1 heterocycles. The highest BCUT2D eigenvalue weighted by Crippen LogP contribution is 2.26. The zero-order valence-corrected chi connectivity index (χ0v) is 16.3. The molecular weight excluding hydrogens is 340 g/mol. The first-order valence-corrected chi connectivity index (χ1v) is 10.4. The SMILES string of the molecule is CN1CCC(CCNC(=O)c2ccccc2SCc2ccccc2)CC1. The van der Waals surface area contributed by atoms with E-state index in [1.165, 1.54) is 31.5 Å². The Morgan fingerprint density at radius 2 is 1.77 bits per heavy atom. The predicted octanol–water partition coefficient (Wildman–Crippen LogP) is 4.44. The van der Waals surface area contributed by atoms with Crippen molar-refractivity contribution in [3.8, 4) is 0 Å². The molecule has 26 heavy (non-hydrogen) atoms. The molecule has 2 aromatic carbocycles. The zero-order chi connectivity index (χ0) is 18.2. The number of hydrogen-bond acceptors (Lipinski definition) is 3. The number of carbonyl (C=O) groups is 1. The number of rotatable bonds is 7. The summed E-state index contributed by atoms with van der Waals surface area (Å²) < 4.78 is 0. The largest absolute Gasteiger partial charge is 0.352 e. The first kappa shape index (κ1) is 19.0. The van der Waals surface area contributed by atoms with Crippen molar-refractivity contribution in [2.24, 2.45) is 5.92 Å². The van der Waals surface area contributed by atoms with Crippen molar-refractivity contribution < 1.29 is 4.79 Å². The monoisotopic (exact) mass is 368 g/mol. The number of nitrogens with one attached hydrogen (secondary N) is 1. The fourth-order valence-electron chi connectivity index (χ4n) is 3.35. The molecule has 1 amide bonds. The molecular formula is C22H28N2OS. The fourth-order valence-corrected chi connectivity index (χ4v) is 4.36. The molecule has 1 aliphatic heterocycles. The van der Waals surface area contributed by atoms with Gasteiger partial charge in [0.05, 0.1) is 5.56 Å². The van der Waals surface area contributed by atoms with Crippen LogP contribution in [0.1, 0.15) is 35.2 Å². The smallest absolute Gasteiger partial charge is 0.252 e. The lowest BCUT2D eigenvalue weighted by Gasteiger charge is -2.28. The fraction of sp³-hybridized carbons (Fsp3) is 0.409. The van der Waals surface area contributed by atoms with Gasteiger partial charge in [0.25, 0.3) is 5.91 Å².